The molecule has 0 aromatic heterocycles. The summed E-state index contributed by atoms with van der Waals surface area (Å²) in [5.41, 5.74) is 0.642. The molecule has 0 radical (unpaired) electrons. The van der Waals surface area contributed by atoms with E-state index in [1.807, 2.05) is 0 Å². The molecule has 0 saturated heterocycles. The molecule has 102 valence electrons. The van der Waals surface area contributed by atoms with Crippen molar-refractivity contribution < 1.29 is 14.7 Å². The van der Waals surface area contributed by atoms with Crippen LogP contribution in [0.5, 0.6) is 0 Å². The van der Waals surface area contributed by atoms with E-state index >= 15 is 0 Å². The van der Waals surface area contributed by atoms with Gasteiger partial charge in [0.25, 0.3) is 0 Å². The molecular weight excluding hydrogens is 242 g/mol. The number of rotatable bonds is 3. The molecular formula is C15H19NO3. The van der Waals surface area contributed by atoms with Crippen molar-refractivity contribution >= 4 is 17.6 Å². The summed E-state index contributed by atoms with van der Waals surface area (Å²) < 4.78 is 0. The van der Waals surface area contributed by atoms with Gasteiger partial charge in [-0.05, 0) is 30.9 Å². The predicted molar refractivity (Wildman–Crippen MR) is 73.3 cm³/mol. The summed E-state index contributed by atoms with van der Waals surface area (Å²) in [5, 5.41) is 9.18. The van der Waals surface area contributed by atoms with Crippen LogP contribution in [-0.4, -0.2) is 24.0 Å². The second-order valence-electron chi connectivity index (χ2n) is 5.23. The van der Waals surface area contributed by atoms with Gasteiger partial charge >= 0.3 is 5.97 Å². The van der Waals surface area contributed by atoms with Gasteiger partial charge in [-0.2, -0.15) is 0 Å². The van der Waals surface area contributed by atoms with Gasteiger partial charge in [0, 0.05) is 13.0 Å². The van der Waals surface area contributed by atoms with Crippen LogP contribution in [0.25, 0.3) is 0 Å². The van der Waals surface area contributed by atoms with Crippen LogP contribution in [0.4, 0.5) is 5.69 Å². The minimum atomic E-state index is -1.00. The predicted octanol–water partition coefficient (Wildman–Crippen LogP) is 2.78. The van der Waals surface area contributed by atoms with E-state index in [4.69, 9.17) is 0 Å². The number of anilines is 1. The Morgan fingerprint density at radius 3 is 2.53 bits per heavy atom. The number of hydrogen-bond acceptors (Lipinski definition) is 2. The number of aromatic carboxylic acids is 1. The molecule has 2 unspecified atom stereocenters. The fourth-order valence-corrected chi connectivity index (χ4v) is 2.83. The van der Waals surface area contributed by atoms with Crippen molar-refractivity contribution in [2.75, 3.05) is 11.9 Å². The Bertz CT molecular complexity index is 498. The summed E-state index contributed by atoms with van der Waals surface area (Å²) in [6.07, 6.45) is 3.05. The van der Waals surface area contributed by atoms with E-state index in [0.29, 0.717) is 11.6 Å². The number of carboxylic acid groups (broad SMARTS) is 1. The number of para-hydroxylation sites is 1. The maximum Gasteiger partial charge on any atom is 0.337 e. The Morgan fingerprint density at radius 2 is 1.95 bits per heavy atom. The highest BCUT2D eigenvalue weighted by Gasteiger charge is 2.32. The molecule has 1 aliphatic carbocycles. The third kappa shape index (κ3) is 2.62. The van der Waals surface area contributed by atoms with Gasteiger partial charge in [-0.1, -0.05) is 25.5 Å². The molecule has 1 N–H and O–H groups in total. The second-order valence-corrected chi connectivity index (χ2v) is 5.23. The molecule has 0 spiro atoms. The molecule has 1 aliphatic rings. The van der Waals surface area contributed by atoms with Crippen LogP contribution in [0.3, 0.4) is 0 Å². The summed E-state index contributed by atoms with van der Waals surface area (Å²) in [6.45, 7) is 2.09. The first-order valence-electron chi connectivity index (χ1n) is 6.62. The van der Waals surface area contributed by atoms with E-state index in [-0.39, 0.29) is 17.4 Å². The number of carbonyl (C=O) groups excluding carboxylic acids is 1. The first kappa shape index (κ1) is 13.6. The van der Waals surface area contributed by atoms with Gasteiger partial charge in [0.1, 0.15) is 0 Å². The van der Waals surface area contributed by atoms with Crippen molar-refractivity contribution in [2.45, 2.75) is 26.2 Å². The van der Waals surface area contributed by atoms with Crippen LogP contribution in [0.2, 0.25) is 0 Å². The van der Waals surface area contributed by atoms with Crippen LogP contribution in [0.1, 0.15) is 36.5 Å². The minimum Gasteiger partial charge on any atom is -0.478 e. The van der Waals surface area contributed by atoms with Gasteiger partial charge in [-0.25, -0.2) is 4.79 Å². The Morgan fingerprint density at radius 1 is 1.26 bits per heavy atom. The molecule has 19 heavy (non-hydrogen) atoms. The quantitative estimate of drug-likeness (QED) is 0.910. The summed E-state index contributed by atoms with van der Waals surface area (Å²) in [6, 6.07) is 6.63. The van der Waals surface area contributed by atoms with Crippen molar-refractivity contribution in [3.63, 3.8) is 0 Å². The highest BCUT2D eigenvalue weighted by molar-refractivity contribution is 6.02. The van der Waals surface area contributed by atoms with Gasteiger partial charge < -0.3 is 10.0 Å². The van der Waals surface area contributed by atoms with Crippen molar-refractivity contribution in [3.05, 3.63) is 29.8 Å². The summed E-state index contributed by atoms with van der Waals surface area (Å²) in [5.74, 6) is -0.577. The fraction of sp³-hybridized carbons (Fsp3) is 0.467. The maximum atomic E-state index is 12.5. The SMILES string of the molecule is CC1CCCC1C(=O)N(C)c1ccccc1C(=O)O. The highest BCUT2D eigenvalue weighted by Crippen LogP contribution is 2.33. The zero-order valence-electron chi connectivity index (χ0n) is 11.3. The van der Waals surface area contributed by atoms with Crippen LogP contribution in [0.15, 0.2) is 24.3 Å². The fourth-order valence-electron chi connectivity index (χ4n) is 2.83. The molecule has 1 aromatic carbocycles. The van der Waals surface area contributed by atoms with E-state index in [2.05, 4.69) is 6.92 Å². The molecule has 0 aliphatic heterocycles. The molecule has 4 nitrogen and oxygen atoms in total. The van der Waals surface area contributed by atoms with Crippen LogP contribution < -0.4 is 4.90 Å². The van der Waals surface area contributed by atoms with Crippen molar-refractivity contribution in [3.8, 4) is 0 Å². The summed E-state index contributed by atoms with van der Waals surface area (Å²) in [4.78, 5) is 25.2. The third-order valence-electron chi connectivity index (χ3n) is 4.01. The zero-order valence-corrected chi connectivity index (χ0v) is 11.3. The van der Waals surface area contributed by atoms with Gasteiger partial charge in [0.15, 0.2) is 0 Å². The smallest absolute Gasteiger partial charge is 0.337 e. The molecule has 1 saturated carbocycles. The topological polar surface area (TPSA) is 57.6 Å². The molecule has 0 heterocycles. The molecule has 2 atom stereocenters. The molecule has 2 rings (SSSR count). The van der Waals surface area contributed by atoms with Gasteiger partial charge in [-0.3, -0.25) is 4.79 Å². The third-order valence-corrected chi connectivity index (χ3v) is 4.01. The van der Waals surface area contributed by atoms with E-state index in [0.717, 1.165) is 19.3 Å². The number of carboxylic acids is 1. The molecule has 0 bridgehead atoms. The van der Waals surface area contributed by atoms with Gasteiger partial charge in [0.2, 0.25) is 5.91 Å². The van der Waals surface area contributed by atoms with Gasteiger partial charge in [-0.15, -0.1) is 0 Å². The monoisotopic (exact) mass is 261 g/mol. The number of benzene rings is 1. The lowest BCUT2D eigenvalue weighted by Gasteiger charge is -2.24. The van der Waals surface area contributed by atoms with Crippen molar-refractivity contribution in [1.29, 1.82) is 0 Å². The van der Waals surface area contributed by atoms with E-state index in [9.17, 15) is 14.7 Å². The Kier molecular flexibility index (Phi) is 3.88. The van der Waals surface area contributed by atoms with Crippen molar-refractivity contribution in [1.82, 2.24) is 0 Å². The van der Waals surface area contributed by atoms with Crippen molar-refractivity contribution in [2.24, 2.45) is 11.8 Å². The average Bonchev–Trinajstić information content (AvgIpc) is 2.83. The highest BCUT2D eigenvalue weighted by atomic mass is 16.4. The molecule has 1 amide bonds. The molecule has 4 heteroatoms. The lowest BCUT2D eigenvalue weighted by molar-refractivity contribution is -0.122. The summed E-state index contributed by atoms with van der Waals surface area (Å²) >= 11 is 0. The molecule has 1 aromatic rings. The first-order valence-corrected chi connectivity index (χ1v) is 6.62. The average molecular weight is 261 g/mol. The normalized spacial score (nSPS) is 22.2. The van der Waals surface area contributed by atoms with E-state index in [1.54, 1.807) is 25.2 Å². The maximum absolute atomic E-state index is 12.5. The minimum absolute atomic E-state index is 0.0202. The molecule has 1 fully saturated rings. The number of carbonyl (C=O) groups is 2. The summed E-state index contributed by atoms with van der Waals surface area (Å²) in [7, 11) is 1.66. The van der Waals surface area contributed by atoms with E-state index < -0.39 is 5.97 Å². The largest absolute Gasteiger partial charge is 0.478 e. The van der Waals surface area contributed by atoms with Gasteiger partial charge in [0.05, 0.1) is 11.3 Å². The van der Waals surface area contributed by atoms with Crippen LogP contribution >= 0.6 is 0 Å². The number of amides is 1. The second kappa shape index (κ2) is 5.43. The van der Waals surface area contributed by atoms with Crippen LogP contribution in [-0.2, 0) is 4.79 Å². The van der Waals surface area contributed by atoms with Crippen LogP contribution in [0, 0.1) is 11.8 Å². The lowest BCUT2D eigenvalue weighted by Crippen LogP contribution is -2.35. The number of nitrogens with zero attached hydrogens (tertiary/aromatic N) is 1. The Balaban J connectivity index is 2.26. The lowest BCUT2D eigenvalue weighted by atomic mass is 9.96. The van der Waals surface area contributed by atoms with E-state index in [1.165, 1.54) is 11.0 Å². The zero-order chi connectivity index (χ0) is 14.0. The Labute approximate surface area is 113 Å². The Hall–Kier alpha value is -1.84. The standard InChI is InChI=1S/C15H19NO3/c1-10-6-5-8-11(10)14(17)16(2)13-9-4-3-7-12(13)15(18)19/h3-4,7,9-11H,5-6,8H2,1-2H3,(H,18,19). The first-order chi connectivity index (χ1) is 9.02. The number of hydrogen-bond donors (Lipinski definition) is 1.